The minimum Gasteiger partial charge on any atom is -0.506 e. The van der Waals surface area contributed by atoms with Crippen molar-refractivity contribution in [2.75, 3.05) is 0 Å². The Morgan fingerprint density at radius 1 is 1.12 bits per heavy atom. The zero-order chi connectivity index (χ0) is 11.8. The fourth-order valence-electron chi connectivity index (χ4n) is 1.64. The van der Waals surface area contributed by atoms with Crippen molar-refractivity contribution in [3.05, 3.63) is 54.8 Å². The van der Waals surface area contributed by atoms with Crippen LogP contribution in [0, 0.1) is 0 Å². The maximum absolute atomic E-state index is 9.40. The Morgan fingerprint density at radius 2 is 1.94 bits per heavy atom. The zero-order valence-electron chi connectivity index (χ0n) is 9.46. The molecule has 0 aliphatic carbocycles. The Balaban J connectivity index is 2.28. The molecule has 2 aromatic heterocycles. The fourth-order valence-corrected chi connectivity index (χ4v) is 1.64. The number of pyridine rings is 1. The van der Waals surface area contributed by atoms with E-state index in [1.807, 2.05) is 30.3 Å². The molecule has 0 saturated heterocycles. The normalized spacial score (nSPS) is 11.6. The molecule has 0 fully saturated rings. The molecule has 0 spiro atoms. The largest absolute Gasteiger partial charge is 0.506 e. The molecule has 0 amide bonds. The van der Waals surface area contributed by atoms with Crippen molar-refractivity contribution >= 4 is 5.65 Å². The number of rotatable bonds is 1. The molecule has 0 unspecified atom stereocenters. The maximum Gasteiger partial charge on any atom is 0.137 e. The third-order valence-electron chi connectivity index (χ3n) is 2.41. The third kappa shape index (κ3) is 1.42. The molecule has 1 aromatic carbocycles. The quantitative estimate of drug-likeness (QED) is 0.672. The minimum absolute atomic E-state index is 0.128. The number of benzene rings is 1. The summed E-state index contributed by atoms with van der Waals surface area (Å²) in [5.41, 5.74) is 2.18. The molecule has 1 N–H and O–H groups in total. The predicted octanol–water partition coefficient (Wildman–Crippen LogP) is 2.71. The zero-order valence-corrected chi connectivity index (χ0v) is 8.46. The van der Waals surface area contributed by atoms with E-state index in [0.717, 1.165) is 5.56 Å². The lowest BCUT2D eigenvalue weighted by Crippen LogP contribution is -1.79. The van der Waals surface area contributed by atoms with E-state index in [4.69, 9.17) is 1.37 Å². The highest BCUT2D eigenvalue weighted by Gasteiger charge is 2.03. The van der Waals surface area contributed by atoms with Crippen LogP contribution in [0.2, 0.25) is 0 Å². The summed E-state index contributed by atoms with van der Waals surface area (Å²) in [5.74, 6) is 0.128. The van der Waals surface area contributed by atoms with Gasteiger partial charge < -0.3 is 9.51 Å². The van der Waals surface area contributed by atoms with E-state index < -0.39 is 0 Å². The van der Waals surface area contributed by atoms with E-state index in [2.05, 4.69) is 4.98 Å². The fraction of sp³-hybridized carbons (Fsp3) is 0. The lowest BCUT2D eigenvalue weighted by molar-refractivity contribution is 0.472. The number of hydrogen-bond donors (Lipinski definition) is 1. The Bertz CT molecular complexity index is 676. The molecule has 16 heavy (non-hydrogen) atoms. The number of aromatic hydroxyl groups is 1. The van der Waals surface area contributed by atoms with Gasteiger partial charge >= 0.3 is 0 Å². The van der Waals surface area contributed by atoms with Crippen molar-refractivity contribution in [3.63, 3.8) is 0 Å². The second-order valence-corrected chi connectivity index (χ2v) is 3.55. The Kier molecular flexibility index (Phi) is 1.68. The third-order valence-corrected chi connectivity index (χ3v) is 2.41. The lowest BCUT2D eigenvalue weighted by Gasteiger charge is -1.92. The van der Waals surface area contributed by atoms with Gasteiger partial charge in [0, 0.05) is 11.7 Å². The average molecular weight is 211 g/mol. The van der Waals surface area contributed by atoms with Crippen molar-refractivity contribution in [2.45, 2.75) is 0 Å². The average Bonchev–Trinajstić information content (AvgIpc) is 2.68. The minimum atomic E-state index is 0.128. The van der Waals surface area contributed by atoms with Crippen molar-refractivity contribution < 1.29 is 6.48 Å². The van der Waals surface area contributed by atoms with Crippen LogP contribution in [-0.4, -0.2) is 14.5 Å². The summed E-state index contributed by atoms with van der Waals surface area (Å²) in [6.07, 6.45) is 1.78. The van der Waals surface area contributed by atoms with Crippen molar-refractivity contribution in [2.24, 2.45) is 0 Å². The predicted molar refractivity (Wildman–Crippen MR) is 62.3 cm³/mol. The molecular weight excluding hydrogens is 200 g/mol. The standard InChI is InChI=1S/C13H10N2O/c16-11-6-7-13-14-12(9-15(13)8-11)10-4-2-1-3-5-10/h1-9,16H/i9D. The molecule has 0 atom stereocenters. The van der Waals surface area contributed by atoms with E-state index in [0.29, 0.717) is 11.3 Å². The molecule has 3 nitrogen and oxygen atoms in total. The van der Waals surface area contributed by atoms with Crippen molar-refractivity contribution in [1.29, 1.82) is 0 Å². The van der Waals surface area contributed by atoms with Crippen LogP contribution in [0.1, 0.15) is 1.37 Å². The van der Waals surface area contributed by atoms with Crippen LogP contribution in [0.15, 0.2) is 54.8 Å². The molecule has 0 bridgehead atoms. The summed E-state index contributed by atoms with van der Waals surface area (Å²) < 4.78 is 9.61. The summed E-state index contributed by atoms with van der Waals surface area (Å²) >= 11 is 0. The number of imidazole rings is 1. The van der Waals surface area contributed by atoms with Gasteiger partial charge in [-0.3, -0.25) is 0 Å². The number of aromatic nitrogens is 2. The first-order valence-electron chi connectivity index (χ1n) is 5.49. The summed E-state index contributed by atoms with van der Waals surface area (Å²) in [6, 6.07) is 12.8. The topological polar surface area (TPSA) is 37.5 Å². The van der Waals surface area contributed by atoms with Gasteiger partial charge in [-0.1, -0.05) is 30.3 Å². The van der Waals surface area contributed by atoms with Gasteiger partial charge in [-0.25, -0.2) is 4.98 Å². The Labute approximate surface area is 94.0 Å². The van der Waals surface area contributed by atoms with Gasteiger partial charge in [-0.05, 0) is 12.1 Å². The summed E-state index contributed by atoms with van der Waals surface area (Å²) in [6.45, 7) is 0. The van der Waals surface area contributed by atoms with Gasteiger partial charge in [0.25, 0.3) is 0 Å². The second-order valence-electron chi connectivity index (χ2n) is 3.55. The van der Waals surface area contributed by atoms with Crippen LogP contribution >= 0.6 is 0 Å². The molecular formula is C13H10N2O. The second kappa shape index (κ2) is 3.38. The Morgan fingerprint density at radius 3 is 2.75 bits per heavy atom. The summed E-state index contributed by atoms with van der Waals surface area (Å²) in [4.78, 5) is 4.39. The van der Waals surface area contributed by atoms with E-state index in [1.165, 1.54) is 6.20 Å². The molecule has 0 aliphatic rings. The van der Waals surface area contributed by atoms with E-state index in [1.54, 1.807) is 16.5 Å². The highest BCUT2D eigenvalue weighted by Crippen LogP contribution is 2.20. The Hall–Kier alpha value is -2.29. The summed E-state index contributed by atoms with van der Waals surface area (Å²) in [7, 11) is 0. The van der Waals surface area contributed by atoms with Crippen LogP contribution in [0.5, 0.6) is 5.75 Å². The van der Waals surface area contributed by atoms with Gasteiger partial charge in [-0.15, -0.1) is 0 Å². The molecule has 3 aromatic rings. The first kappa shape index (κ1) is 7.93. The van der Waals surface area contributed by atoms with Crippen LogP contribution in [-0.2, 0) is 0 Å². The number of fused-ring (bicyclic) bond motifs is 1. The van der Waals surface area contributed by atoms with Gasteiger partial charge in [-0.2, -0.15) is 0 Å². The molecule has 3 heteroatoms. The maximum atomic E-state index is 9.40. The van der Waals surface area contributed by atoms with E-state index in [-0.39, 0.29) is 11.9 Å². The molecule has 78 valence electrons. The molecule has 0 aliphatic heterocycles. The van der Waals surface area contributed by atoms with Gasteiger partial charge in [0.05, 0.1) is 13.3 Å². The molecule has 0 saturated carbocycles. The molecule has 0 radical (unpaired) electrons. The molecule has 3 rings (SSSR count). The van der Waals surface area contributed by atoms with Crippen LogP contribution in [0.25, 0.3) is 16.9 Å². The number of hydrogen-bond acceptors (Lipinski definition) is 2. The summed E-state index contributed by atoms with van der Waals surface area (Å²) in [5, 5.41) is 9.40. The van der Waals surface area contributed by atoms with Crippen molar-refractivity contribution in [3.8, 4) is 17.0 Å². The van der Waals surface area contributed by atoms with E-state index >= 15 is 0 Å². The van der Waals surface area contributed by atoms with Crippen LogP contribution < -0.4 is 0 Å². The van der Waals surface area contributed by atoms with Gasteiger partial charge in [0.15, 0.2) is 0 Å². The lowest BCUT2D eigenvalue weighted by atomic mass is 10.2. The van der Waals surface area contributed by atoms with Crippen molar-refractivity contribution in [1.82, 2.24) is 9.38 Å². The van der Waals surface area contributed by atoms with Crippen LogP contribution in [0.3, 0.4) is 0 Å². The first-order valence-corrected chi connectivity index (χ1v) is 4.99. The number of nitrogens with zero attached hydrogens (tertiary/aromatic N) is 2. The van der Waals surface area contributed by atoms with Gasteiger partial charge in [0.2, 0.25) is 0 Å². The van der Waals surface area contributed by atoms with Crippen LogP contribution in [0.4, 0.5) is 0 Å². The monoisotopic (exact) mass is 211 g/mol. The molecule has 2 heterocycles. The first-order chi connectivity index (χ1) is 8.25. The SMILES string of the molecule is [2H]c1c(-c2ccccc2)nc2ccc(O)cn12. The highest BCUT2D eigenvalue weighted by molar-refractivity contribution is 5.62. The van der Waals surface area contributed by atoms with Gasteiger partial charge in [0.1, 0.15) is 11.4 Å². The van der Waals surface area contributed by atoms with E-state index in [9.17, 15) is 5.11 Å². The highest BCUT2D eigenvalue weighted by atomic mass is 16.3. The smallest absolute Gasteiger partial charge is 0.137 e.